The zero-order chi connectivity index (χ0) is 17.1. The first kappa shape index (κ1) is 16.5. The highest BCUT2D eigenvalue weighted by Gasteiger charge is 2.29. The highest BCUT2D eigenvalue weighted by atomic mass is 32.1. The highest BCUT2D eigenvalue weighted by Crippen LogP contribution is 2.22. The number of likely N-dealkylation sites (tertiary alicyclic amines) is 1. The Balaban J connectivity index is 1.72. The lowest BCUT2D eigenvalue weighted by Gasteiger charge is -2.21. The molecule has 1 aromatic heterocycles. The Morgan fingerprint density at radius 2 is 2.12 bits per heavy atom. The molecule has 0 bridgehead atoms. The van der Waals surface area contributed by atoms with E-state index in [0.29, 0.717) is 6.54 Å². The van der Waals surface area contributed by atoms with Crippen LogP contribution in [0.2, 0.25) is 0 Å². The van der Waals surface area contributed by atoms with Gasteiger partial charge in [0.25, 0.3) is 5.91 Å². The van der Waals surface area contributed by atoms with Crippen molar-refractivity contribution in [3.63, 3.8) is 0 Å². The smallest absolute Gasteiger partial charge is 0.263 e. The van der Waals surface area contributed by atoms with E-state index in [4.69, 9.17) is 0 Å². The predicted octanol–water partition coefficient (Wildman–Crippen LogP) is 2.66. The number of nitrogens with one attached hydrogen (secondary N) is 1. The summed E-state index contributed by atoms with van der Waals surface area (Å²) >= 11 is 1.44. The van der Waals surface area contributed by atoms with Gasteiger partial charge in [0.2, 0.25) is 5.91 Å². The van der Waals surface area contributed by atoms with Crippen molar-refractivity contribution in [3.05, 3.63) is 52.2 Å². The largest absolute Gasteiger partial charge is 0.373 e. The van der Waals surface area contributed by atoms with E-state index in [1.165, 1.54) is 11.3 Å². The predicted molar refractivity (Wildman–Crippen MR) is 96.2 cm³/mol. The number of benzene rings is 1. The Morgan fingerprint density at radius 1 is 1.33 bits per heavy atom. The zero-order valence-electron chi connectivity index (χ0n) is 13.9. The van der Waals surface area contributed by atoms with Crippen LogP contribution >= 0.6 is 11.3 Å². The summed E-state index contributed by atoms with van der Waals surface area (Å²) in [6.07, 6.45) is 0.799. The first-order chi connectivity index (χ1) is 11.6. The monoisotopic (exact) mass is 343 g/mol. The van der Waals surface area contributed by atoms with Crippen LogP contribution in [0, 0.1) is 0 Å². The molecule has 24 heavy (non-hydrogen) atoms. The average molecular weight is 343 g/mol. The summed E-state index contributed by atoms with van der Waals surface area (Å²) in [6, 6.07) is 11.4. The van der Waals surface area contributed by atoms with Crippen LogP contribution in [-0.4, -0.2) is 48.3 Å². The Kier molecular flexibility index (Phi) is 4.85. The molecule has 2 aromatic rings. The van der Waals surface area contributed by atoms with E-state index in [2.05, 4.69) is 5.32 Å². The summed E-state index contributed by atoms with van der Waals surface area (Å²) < 4.78 is 0. The molecular weight excluding hydrogens is 322 g/mol. The zero-order valence-corrected chi connectivity index (χ0v) is 14.7. The van der Waals surface area contributed by atoms with Crippen LogP contribution in [0.5, 0.6) is 0 Å². The van der Waals surface area contributed by atoms with Gasteiger partial charge in [-0.15, -0.1) is 11.3 Å². The third kappa shape index (κ3) is 3.43. The van der Waals surface area contributed by atoms with Crippen molar-refractivity contribution < 1.29 is 9.59 Å². The lowest BCUT2D eigenvalue weighted by Crippen LogP contribution is -2.32. The minimum absolute atomic E-state index is 0.0106. The lowest BCUT2D eigenvalue weighted by atomic mass is 10.1. The Hall–Kier alpha value is -2.34. The minimum Gasteiger partial charge on any atom is -0.373 e. The van der Waals surface area contributed by atoms with Crippen LogP contribution in [0.25, 0.3) is 0 Å². The van der Waals surface area contributed by atoms with E-state index in [1.54, 1.807) is 16.8 Å². The van der Waals surface area contributed by atoms with Gasteiger partial charge in [0.15, 0.2) is 0 Å². The highest BCUT2D eigenvalue weighted by molar-refractivity contribution is 7.12. The molecule has 0 unspecified atom stereocenters. The standard InChI is InChI=1S/C18H21N3O2S/c1-20-10-9-15(17(20)22)19-14-7-4-3-6-13(14)12-21(2)18(23)16-8-5-11-24-16/h3-8,11,15,19H,9-10,12H2,1-2H3/t15-/m1/s1. The fourth-order valence-corrected chi connectivity index (χ4v) is 3.58. The van der Waals surface area contributed by atoms with E-state index in [1.807, 2.05) is 48.8 Å². The van der Waals surface area contributed by atoms with E-state index in [0.717, 1.165) is 29.1 Å². The number of hydrogen-bond donors (Lipinski definition) is 1. The molecule has 2 amide bonds. The maximum absolute atomic E-state index is 12.4. The summed E-state index contributed by atoms with van der Waals surface area (Å²) in [7, 11) is 3.62. The average Bonchev–Trinajstić information content (AvgIpc) is 3.22. The fourth-order valence-electron chi connectivity index (χ4n) is 2.86. The fraction of sp³-hybridized carbons (Fsp3) is 0.333. The molecule has 1 N–H and O–H groups in total. The number of carbonyl (C=O) groups is 2. The molecule has 6 heteroatoms. The number of rotatable bonds is 5. The van der Waals surface area contributed by atoms with Crippen molar-refractivity contribution in [2.75, 3.05) is 26.0 Å². The molecular formula is C18H21N3O2S. The van der Waals surface area contributed by atoms with Gasteiger partial charge in [0.1, 0.15) is 6.04 Å². The van der Waals surface area contributed by atoms with Crippen LogP contribution in [0.3, 0.4) is 0 Å². The van der Waals surface area contributed by atoms with Crippen LogP contribution in [-0.2, 0) is 11.3 Å². The van der Waals surface area contributed by atoms with Crippen molar-refractivity contribution in [1.82, 2.24) is 9.80 Å². The van der Waals surface area contributed by atoms with Gasteiger partial charge in [-0.25, -0.2) is 0 Å². The van der Waals surface area contributed by atoms with Crippen LogP contribution in [0.4, 0.5) is 5.69 Å². The van der Waals surface area contributed by atoms with Gasteiger partial charge in [0, 0.05) is 32.9 Å². The maximum Gasteiger partial charge on any atom is 0.263 e. The van der Waals surface area contributed by atoms with Crippen LogP contribution in [0.1, 0.15) is 21.7 Å². The number of amides is 2. The SMILES string of the molecule is CN(Cc1ccccc1N[C@@H]1CCN(C)C1=O)C(=O)c1cccs1. The minimum atomic E-state index is -0.186. The summed E-state index contributed by atoms with van der Waals surface area (Å²) in [5.74, 6) is 0.129. The number of carbonyl (C=O) groups excluding carboxylic acids is 2. The molecule has 1 aliphatic heterocycles. The third-order valence-electron chi connectivity index (χ3n) is 4.26. The molecule has 1 atom stereocenters. The second-order valence-electron chi connectivity index (χ2n) is 6.04. The van der Waals surface area contributed by atoms with Crippen molar-refractivity contribution in [2.45, 2.75) is 19.0 Å². The van der Waals surface area contributed by atoms with Crippen LogP contribution < -0.4 is 5.32 Å². The number of thiophene rings is 1. The molecule has 1 aliphatic rings. The number of para-hydroxylation sites is 1. The van der Waals surface area contributed by atoms with Gasteiger partial charge >= 0.3 is 0 Å². The molecule has 5 nitrogen and oxygen atoms in total. The molecule has 0 spiro atoms. The molecule has 3 rings (SSSR count). The van der Waals surface area contributed by atoms with E-state index >= 15 is 0 Å². The molecule has 1 aromatic carbocycles. The second-order valence-corrected chi connectivity index (χ2v) is 6.99. The summed E-state index contributed by atoms with van der Waals surface area (Å²) in [4.78, 5) is 28.7. The Labute approximate surface area is 145 Å². The van der Waals surface area contributed by atoms with Gasteiger partial charge in [-0.2, -0.15) is 0 Å². The second kappa shape index (κ2) is 7.05. The summed E-state index contributed by atoms with van der Waals surface area (Å²) in [5, 5.41) is 5.24. The number of nitrogens with zero attached hydrogens (tertiary/aromatic N) is 2. The molecule has 126 valence electrons. The van der Waals surface area contributed by atoms with Crippen molar-refractivity contribution in [3.8, 4) is 0 Å². The maximum atomic E-state index is 12.4. The van der Waals surface area contributed by atoms with Crippen molar-refractivity contribution in [2.24, 2.45) is 0 Å². The quantitative estimate of drug-likeness (QED) is 0.908. The van der Waals surface area contributed by atoms with Crippen molar-refractivity contribution >= 4 is 28.8 Å². The Morgan fingerprint density at radius 3 is 2.79 bits per heavy atom. The summed E-state index contributed by atoms with van der Waals surface area (Å²) in [5.41, 5.74) is 1.92. The lowest BCUT2D eigenvalue weighted by molar-refractivity contribution is -0.127. The topological polar surface area (TPSA) is 52.6 Å². The number of hydrogen-bond acceptors (Lipinski definition) is 4. The molecule has 1 saturated heterocycles. The van der Waals surface area contributed by atoms with Gasteiger partial charge in [0.05, 0.1) is 4.88 Å². The van der Waals surface area contributed by atoms with E-state index in [9.17, 15) is 9.59 Å². The van der Waals surface area contributed by atoms with Gasteiger partial charge < -0.3 is 15.1 Å². The molecule has 2 heterocycles. The molecule has 0 radical (unpaired) electrons. The van der Waals surface area contributed by atoms with Gasteiger partial charge in [-0.3, -0.25) is 9.59 Å². The number of likely N-dealkylation sites (N-methyl/N-ethyl adjacent to an activating group) is 1. The van der Waals surface area contributed by atoms with Crippen LogP contribution in [0.15, 0.2) is 41.8 Å². The third-order valence-corrected chi connectivity index (χ3v) is 5.12. The first-order valence-corrected chi connectivity index (χ1v) is 8.82. The number of anilines is 1. The Bertz CT molecular complexity index is 730. The van der Waals surface area contributed by atoms with Crippen molar-refractivity contribution in [1.29, 1.82) is 0 Å². The molecule has 0 aliphatic carbocycles. The van der Waals surface area contributed by atoms with Gasteiger partial charge in [-0.05, 0) is 29.5 Å². The summed E-state index contributed by atoms with van der Waals surface area (Å²) in [6.45, 7) is 1.27. The molecule has 1 fully saturated rings. The first-order valence-electron chi connectivity index (χ1n) is 7.94. The van der Waals surface area contributed by atoms with E-state index in [-0.39, 0.29) is 17.9 Å². The molecule has 0 saturated carbocycles. The normalized spacial score (nSPS) is 17.2. The van der Waals surface area contributed by atoms with Gasteiger partial charge in [-0.1, -0.05) is 24.3 Å². The van der Waals surface area contributed by atoms with E-state index < -0.39 is 0 Å².